The van der Waals surface area contributed by atoms with Crippen molar-refractivity contribution in [1.82, 2.24) is 4.98 Å². The van der Waals surface area contributed by atoms with Crippen LogP contribution in [0.1, 0.15) is 30.1 Å². The number of aromatic nitrogens is 1. The van der Waals surface area contributed by atoms with Crippen molar-refractivity contribution >= 4 is 32.4 Å². The lowest BCUT2D eigenvalue weighted by molar-refractivity contribution is -0.984. The molecule has 5 atom stereocenters. The summed E-state index contributed by atoms with van der Waals surface area (Å²) in [5.41, 5.74) is 3.37. The van der Waals surface area contributed by atoms with Gasteiger partial charge in [-0.2, -0.15) is 0 Å². The normalized spacial score (nSPS) is 26.0. The first-order valence-electron chi connectivity index (χ1n) is 13.6. The van der Waals surface area contributed by atoms with Crippen LogP contribution < -0.4 is 0 Å². The number of rotatable bonds is 5. The topological polar surface area (TPSA) is 33.1 Å². The van der Waals surface area contributed by atoms with Crippen LogP contribution in [-0.2, 0) is 6.54 Å². The average Bonchev–Trinajstić information content (AvgIpc) is 2.96. The molecule has 0 radical (unpaired) electrons. The van der Waals surface area contributed by atoms with E-state index in [1.54, 1.807) is 0 Å². The van der Waals surface area contributed by atoms with Crippen LogP contribution in [0, 0.1) is 11.8 Å². The maximum absolute atomic E-state index is 12.1. The minimum absolute atomic E-state index is 0.137. The van der Waals surface area contributed by atoms with Crippen LogP contribution in [0.5, 0.6) is 0 Å². The highest BCUT2D eigenvalue weighted by Crippen LogP contribution is 2.49. The van der Waals surface area contributed by atoms with Crippen LogP contribution in [-0.4, -0.2) is 33.7 Å². The van der Waals surface area contributed by atoms with Gasteiger partial charge in [0, 0.05) is 35.9 Å². The van der Waals surface area contributed by atoms with Crippen molar-refractivity contribution in [3.05, 3.63) is 115 Å². The highest BCUT2D eigenvalue weighted by Gasteiger charge is 2.54. The number of hydrogen-bond acceptors (Lipinski definition) is 2. The molecule has 184 valence electrons. The van der Waals surface area contributed by atoms with Crippen molar-refractivity contribution in [2.24, 2.45) is 11.8 Å². The second-order valence-electron chi connectivity index (χ2n) is 11.2. The summed E-state index contributed by atoms with van der Waals surface area (Å²) in [6.07, 6.45) is 5.72. The number of quaternary nitrogens is 1. The van der Waals surface area contributed by atoms with Gasteiger partial charge < -0.3 is 9.59 Å². The third-order valence-electron chi connectivity index (χ3n) is 9.40. The monoisotopic (exact) mass is 485 g/mol. The Morgan fingerprint density at radius 2 is 1.59 bits per heavy atom. The van der Waals surface area contributed by atoms with E-state index < -0.39 is 6.10 Å². The molecule has 0 saturated carbocycles. The maximum atomic E-state index is 12.1. The molecule has 0 amide bonds. The summed E-state index contributed by atoms with van der Waals surface area (Å²) in [6.45, 7) is 7.28. The smallest absolute Gasteiger partial charge is 0.131 e. The summed E-state index contributed by atoms with van der Waals surface area (Å²) < 4.78 is 0.906. The van der Waals surface area contributed by atoms with Crippen LogP contribution in [0.25, 0.3) is 32.4 Å². The van der Waals surface area contributed by atoms with Crippen molar-refractivity contribution in [2.45, 2.75) is 31.5 Å². The van der Waals surface area contributed by atoms with E-state index in [4.69, 9.17) is 0 Å². The molecule has 8 rings (SSSR count). The Hall–Kier alpha value is -3.53. The molecule has 3 unspecified atom stereocenters. The summed E-state index contributed by atoms with van der Waals surface area (Å²) in [5, 5.41) is 18.4. The van der Waals surface area contributed by atoms with Crippen LogP contribution in [0.3, 0.4) is 0 Å². The number of aliphatic hydroxyl groups is 1. The molecule has 3 heteroatoms. The second kappa shape index (κ2) is 8.79. The zero-order chi connectivity index (χ0) is 25.0. The van der Waals surface area contributed by atoms with E-state index in [-0.39, 0.29) is 6.04 Å². The first-order chi connectivity index (χ1) is 18.2. The Labute approximate surface area is 218 Å². The Morgan fingerprint density at radius 1 is 0.919 bits per heavy atom. The lowest BCUT2D eigenvalue weighted by Gasteiger charge is -2.58. The van der Waals surface area contributed by atoms with Gasteiger partial charge in [-0.15, -0.1) is 6.58 Å². The van der Waals surface area contributed by atoms with Gasteiger partial charge in [0.15, 0.2) is 0 Å². The fourth-order valence-corrected chi connectivity index (χ4v) is 7.56. The molecule has 3 aliphatic heterocycles. The number of piperidine rings is 3. The summed E-state index contributed by atoms with van der Waals surface area (Å²) in [5.74, 6) is 1.09. The van der Waals surface area contributed by atoms with Crippen molar-refractivity contribution in [1.29, 1.82) is 0 Å². The van der Waals surface area contributed by atoms with Gasteiger partial charge in [-0.05, 0) is 51.2 Å². The molecule has 2 bridgehead atoms. The predicted molar refractivity (Wildman–Crippen MR) is 152 cm³/mol. The zero-order valence-electron chi connectivity index (χ0n) is 21.1. The molecule has 5 aromatic rings. The molecule has 3 saturated heterocycles. The Morgan fingerprint density at radius 3 is 2.32 bits per heavy atom. The van der Waals surface area contributed by atoms with Gasteiger partial charge in [0.1, 0.15) is 18.7 Å². The van der Waals surface area contributed by atoms with Crippen molar-refractivity contribution in [3.8, 4) is 0 Å². The van der Waals surface area contributed by atoms with Crippen LogP contribution in [0.2, 0.25) is 0 Å². The van der Waals surface area contributed by atoms with E-state index in [1.807, 2.05) is 30.5 Å². The van der Waals surface area contributed by atoms with E-state index in [1.165, 1.54) is 33.5 Å². The van der Waals surface area contributed by atoms with Gasteiger partial charge >= 0.3 is 0 Å². The number of benzene rings is 4. The number of hydrogen-bond donors (Lipinski definition) is 1. The predicted octanol–water partition coefficient (Wildman–Crippen LogP) is 7.19. The largest absolute Gasteiger partial charge is 0.382 e. The first-order valence-corrected chi connectivity index (χ1v) is 13.6. The van der Waals surface area contributed by atoms with E-state index in [9.17, 15) is 5.11 Å². The van der Waals surface area contributed by atoms with E-state index in [0.717, 1.165) is 47.0 Å². The molecular weight excluding hydrogens is 452 g/mol. The maximum Gasteiger partial charge on any atom is 0.131 e. The van der Waals surface area contributed by atoms with Gasteiger partial charge in [0.2, 0.25) is 0 Å². The molecule has 3 nitrogen and oxygen atoms in total. The van der Waals surface area contributed by atoms with Gasteiger partial charge in [-0.3, -0.25) is 4.98 Å². The average molecular weight is 486 g/mol. The molecule has 0 aliphatic carbocycles. The standard InChI is InChI=1S/C34H33N2O/c1-2-23-21-36(22-31-27-11-5-3-9-25(27)19-26-10-4-6-12-28(26)31)18-16-24(23)20-33(36)34(37)30-15-17-35-32-14-8-7-13-29(30)32/h2-15,17,19,23-24,33-34,37H,1,16,18,20-22H2/q+1/t23?,24?,33-,34+,36?/m0/s1. The fourth-order valence-electron chi connectivity index (χ4n) is 7.56. The lowest BCUT2D eigenvalue weighted by Crippen LogP contribution is -2.67. The number of nitrogens with zero attached hydrogens (tertiary/aromatic N) is 2. The summed E-state index contributed by atoms with van der Waals surface area (Å²) in [6, 6.07) is 30.3. The molecule has 3 aliphatic rings. The van der Waals surface area contributed by atoms with Crippen molar-refractivity contribution in [2.75, 3.05) is 13.1 Å². The quantitative estimate of drug-likeness (QED) is 0.162. The second-order valence-corrected chi connectivity index (χ2v) is 11.2. The Bertz CT molecular complexity index is 1580. The van der Waals surface area contributed by atoms with E-state index in [0.29, 0.717) is 11.8 Å². The molecule has 4 heterocycles. The number of pyridine rings is 1. The highest BCUT2D eigenvalue weighted by molar-refractivity contribution is 6.02. The number of para-hydroxylation sites is 1. The lowest BCUT2D eigenvalue weighted by atomic mass is 9.71. The number of fused-ring (bicyclic) bond motifs is 6. The molecule has 1 aromatic heterocycles. The van der Waals surface area contributed by atoms with Gasteiger partial charge in [0.25, 0.3) is 0 Å². The summed E-state index contributed by atoms with van der Waals surface area (Å²) in [7, 11) is 0. The van der Waals surface area contributed by atoms with Crippen LogP contribution in [0.15, 0.2) is 104 Å². The molecular formula is C34H33N2O+. The third-order valence-corrected chi connectivity index (χ3v) is 9.40. The van der Waals surface area contributed by atoms with E-state index >= 15 is 0 Å². The van der Waals surface area contributed by atoms with Crippen molar-refractivity contribution in [3.63, 3.8) is 0 Å². The molecule has 1 N–H and O–H groups in total. The SMILES string of the molecule is C=CC1C[N+]2(Cc3c4ccccc4cc4ccccc34)CCC1C[C@H]2[C@H](O)c1ccnc2ccccc12. The summed E-state index contributed by atoms with van der Waals surface area (Å²) in [4.78, 5) is 4.57. The van der Waals surface area contributed by atoms with Crippen LogP contribution in [0.4, 0.5) is 0 Å². The zero-order valence-corrected chi connectivity index (χ0v) is 21.1. The van der Waals surface area contributed by atoms with Gasteiger partial charge in [-0.25, -0.2) is 0 Å². The number of aliphatic hydroxyl groups excluding tert-OH is 1. The van der Waals surface area contributed by atoms with Crippen LogP contribution >= 0.6 is 0 Å². The van der Waals surface area contributed by atoms with E-state index in [2.05, 4.69) is 78.3 Å². The Kier molecular flexibility index (Phi) is 5.38. The minimum Gasteiger partial charge on any atom is -0.382 e. The van der Waals surface area contributed by atoms with Gasteiger partial charge in [0.05, 0.1) is 18.6 Å². The molecule has 4 aromatic carbocycles. The third kappa shape index (κ3) is 3.60. The first kappa shape index (κ1) is 22.7. The molecule has 3 fully saturated rings. The molecule has 37 heavy (non-hydrogen) atoms. The Balaban J connectivity index is 1.39. The van der Waals surface area contributed by atoms with Gasteiger partial charge in [-0.1, -0.05) is 72.8 Å². The fraction of sp³-hybridized carbons (Fsp3) is 0.265. The molecule has 0 spiro atoms. The highest BCUT2D eigenvalue weighted by atomic mass is 16.3. The van der Waals surface area contributed by atoms with Crippen molar-refractivity contribution < 1.29 is 9.59 Å². The summed E-state index contributed by atoms with van der Waals surface area (Å²) >= 11 is 0. The minimum atomic E-state index is -0.539.